The normalized spacial score (nSPS) is 25.6. The lowest BCUT2D eigenvalue weighted by Gasteiger charge is -2.37. The van der Waals surface area contributed by atoms with Gasteiger partial charge >= 0.3 is 0 Å². The second-order valence-corrected chi connectivity index (χ2v) is 6.26. The number of rotatable bonds is 6. The molecule has 1 unspecified atom stereocenters. The van der Waals surface area contributed by atoms with E-state index in [1.807, 2.05) is 7.05 Å². The van der Waals surface area contributed by atoms with Crippen LogP contribution >= 0.6 is 27.3 Å². The molecule has 96 valence electrons. The lowest BCUT2D eigenvalue weighted by molar-refractivity contribution is -0.0289. The Balaban J connectivity index is 1.84. The minimum atomic E-state index is 0.475. The van der Waals surface area contributed by atoms with Crippen LogP contribution in [0.15, 0.2) is 15.2 Å². The van der Waals surface area contributed by atoms with Crippen LogP contribution in [0.1, 0.15) is 37.8 Å². The standard InChI is InChI=1S/C13H20BrNOS/c1-3-16-10-4-9(5-10)6-13(15-2)11-7-17-8-12(11)14/h7-10,13,15H,3-6H2,1-2H3. The average molecular weight is 318 g/mol. The molecule has 0 spiro atoms. The van der Waals surface area contributed by atoms with Crippen molar-refractivity contribution in [3.8, 4) is 0 Å². The van der Waals surface area contributed by atoms with E-state index in [-0.39, 0.29) is 0 Å². The first-order valence-electron chi connectivity index (χ1n) is 6.25. The Labute approximate surface area is 116 Å². The van der Waals surface area contributed by atoms with Gasteiger partial charge in [-0.15, -0.1) is 0 Å². The Kier molecular flexibility index (Phi) is 5.03. The zero-order valence-corrected chi connectivity index (χ0v) is 12.8. The predicted octanol–water partition coefficient (Wildman–Crippen LogP) is 3.98. The zero-order chi connectivity index (χ0) is 12.3. The van der Waals surface area contributed by atoms with Gasteiger partial charge in [0.15, 0.2) is 0 Å². The summed E-state index contributed by atoms with van der Waals surface area (Å²) in [6.07, 6.45) is 4.20. The molecule has 4 heteroatoms. The molecule has 1 aromatic heterocycles. The topological polar surface area (TPSA) is 21.3 Å². The third-order valence-corrected chi connectivity index (χ3v) is 5.28. The summed E-state index contributed by atoms with van der Waals surface area (Å²) in [5.74, 6) is 0.816. The highest BCUT2D eigenvalue weighted by molar-refractivity contribution is 9.10. The van der Waals surface area contributed by atoms with E-state index in [1.165, 1.54) is 29.3 Å². The lowest BCUT2D eigenvalue weighted by atomic mass is 9.77. The molecular formula is C13H20BrNOS. The first-order valence-corrected chi connectivity index (χ1v) is 7.98. The van der Waals surface area contributed by atoms with Crippen LogP contribution in [0.2, 0.25) is 0 Å². The number of ether oxygens (including phenoxy) is 1. The fraction of sp³-hybridized carbons (Fsp3) is 0.692. The third-order valence-electron chi connectivity index (χ3n) is 3.53. The number of halogens is 1. The monoisotopic (exact) mass is 317 g/mol. The molecule has 1 fully saturated rings. The Bertz CT molecular complexity index is 349. The van der Waals surface area contributed by atoms with Crippen molar-refractivity contribution in [1.82, 2.24) is 5.32 Å². The van der Waals surface area contributed by atoms with E-state index < -0.39 is 0 Å². The van der Waals surface area contributed by atoms with Gasteiger partial charge in [0, 0.05) is 22.5 Å². The van der Waals surface area contributed by atoms with Crippen molar-refractivity contribution in [2.24, 2.45) is 5.92 Å². The molecule has 0 aliphatic heterocycles. The van der Waals surface area contributed by atoms with Gasteiger partial charge in [0.1, 0.15) is 0 Å². The highest BCUT2D eigenvalue weighted by atomic mass is 79.9. The van der Waals surface area contributed by atoms with Gasteiger partial charge in [-0.1, -0.05) is 0 Å². The van der Waals surface area contributed by atoms with Crippen LogP contribution in [0, 0.1) is 5.92 Å². The minimum Gasteiger partial charge on any atom is -0.378 e. The molecule has 1 atom stereocenters. The van der Waals surface area contributed by atoms with E-state index in [9.17, 15) is 0 Å². The van der Waals surface area contributed by atoms with E-state index in [0.717, 1.165) is 12.5 Å². The van der Waals surface area contributed by atoms with Crippen LogP contribution in [0.3, 0.4) is 0 Å². The van der Waals surface area contributed by atoms with Gasteiger partial charge in [0.25, 0.3) is 0 Å². The SMILES string of the molecule is CCOC1CC(CC(NC)c2cscc2Br)C1. The number of thiophene rings is 1. The lowest BCUT2D eigenvalue weighted by Crippen LogP contribution is -2.34. The molecular weight excluding hydrogens is 298 g/mol. The van der Waals surface area contributed by atoms with Gasteiger partial charge in [-0.25, -0.2) is 0 Å². The van der Waals surface area contributed by atoms with Gasteiger partial charge in [-0.2, -0.15) is 11.3 Å². The smallest absolute Gasteiger partial charge is 0.0580 e. The quantitative estimate of drug-likeness (QED) is 0.857. The minimum absolute atomic E-state index is 0.475. The van der Waals surface area contributed by atoms with Crippen molar-refractivity contribution in [2.75, 3.05) is 13.7 Å². The van der Waals surface area contributed by atoms with Crippen molar-refractivity contribution in [3.63, 3.8) is 0 Å². The number of hydrogen-bond donors (Lipinski definition) is 1. The van der Waals surface area contributed by atoms with E-state index in [0.29, 0.717) is 12.1 Å². The molecule has 2 rings (SSSR count). The van der Waals surface area contributed by atoms with E-state index >= 15 is 0 Å². The molecule has 1 heterocycles. The van der Waals surface area contributed by atoms with E-state index in [1.54, 1.807) is 11.3 Å². The molecule has 0 aromatic carbocycles. The Morgan fingerprint density at radius 1 is 1.53 bits per heavy atom. The summed E-state index contributed by atoms with van der Waals surface area (Å²) in [6, 6.07) is 0.475. The van der Waals surface area contributed by atoms with E-state index in [2.05, 4.69) is 38.9 Å². The summed E-state index contributed by atoms with van der Waals surface area (Å²) in [6.45, 7) is 2.93. The number of nitrogens with one attached hydrogen (secondary N) is 1. The highest BCUT2D eigenvalue weighted by Crippen LogP contribution is 2.39. The molecule has 1 aliphatic carbocycles. The van der Waals surface area contributed by atoms with Crippen molar-refractivity contribution in [1.29, 1.82) is 0 Å². The second-order valence-electron chi connectivity index (χ2n) is 4.67. The second kappa shape index (κ2) is 6.32. The largest absolute Gasteiger partial charge is 0.378 e. The average Bonchev–Trinajstić information content (AvgIpc) is 2.68. The maximum atomic E-state index is 5.61. The van der Waals surface area contributed by atoms with Gasteiger partial charge in [-0.05, 0) is 66.0 Å². The molecule has 17 heavy (non-hydrogen) atoms. The van der Waals surface area contributed by atoms with Gasteiger partial charge in [0.05, 0.1) is 6.10 Å². The predicted molar refractivity (Wildman–Crippen MR) is 76.6 cm³/mol. The summed E-state index contributed by atoms with van der Waals surface area (Å²) >= 11 is 5.38. The first kappa shape index (κ1) is 13.5. The molecule has 2 nitrogen and oxygen atoms in total. The molecule has 0 radical (unpaired) electrons. The Morgan fingerprint density at radius 2 is 2.29 bits per heavy atom. The van der Waals surface area contributed by atoms with Crippen molar-refractivity contribution >= 4 is 27.3 Å². The summed E-state index contributed by atoms with van der Waals surface area (Å²) in [7, 11) is 2.05. The summed E-state index contributed by atoms with van der Waals surface area (Å²) in [5, 5.41) is 7.82. The third kappa shape index (κ3) is 3.31. The molecule has 1 saturated carbocycles. The van der Waals surface area contributed by atoms with Crippen LogP contribution in [-0.4, -0.2) is 19.8 Å². The van der Waals surface area contributed by atoms with Gasteiger partial charge in [-0.3, -0.25) is 0 Å². The first-order chi connectivity index (χ1) is 8.24. The molecule has 0 amide bonds. The van der Waals surface area contributed by atoms with Gasteiger partial charge in [0.2, 0.25) is 0 Å². The summed E-state index contributed by atoms with van der Waals surface area (Å²) in [5.41, 5.74) is 1.40. The van der Waals surface area contributed by atoms with E-state index in [4.69, 9.17) is 4.74 Å². The van der Waals surface area contributed by atoms with Crippen molar-refractivity contribution in [3.05, 3.63) is 20.8 Å². The Morgan fingerprint density at radius 3 is 2.82 bits per heavy atom. The molecule has 1 aliphatic rings. The fourth-order valence-electron chi connectivity index (χ4n) is 2.51. The Hall–Kier alpha value is 0.100. The van der Waals surface area contributed by atoms with Crippen LogP contribution in [0.4, 0.5) is 0 Å². The van der Waals surface area contributed by atoms with Crippen LogP contribution in [0.25, 0.3) is 0 Å². The number of hydrogen-bond acceptors (Lipinski definition) is 3. The molecule has 1 aromatic rings. The maximum Gasteiger partial charge on any atom is 0.0580 e. The highest BCUT2D eigenvalue weighted by Gasteiger charge is 2.31. The molecule has 1 N–H and O–H groups in total. The van der Waals surface area contributed by atoms with Gasteiger partial charge < -0.3 is 10.1 Å². The van der Waals surface area contributed by atoms with Crippen molar-refractivity contribution in [2.45, 2.75) is 38.3 Å². The summed E-state index contributed by atoms with van der Waals surface area (Å²) < 4.78 is 6.85. The summed E-state index contributed by atoms with van der Waals surface area (Å²) in [4.78, 5) is 0. The zero-order valence-electron chi connectivity index (χ0n) is 10.4. The fourth-order valence-corrected chi connectivity index (χ4v) is 4.14. The van der Waals surface area contributed by atoms with Crippen LogP contribution in [0.5, 0.6) is 0 Å². The van der Waals surface area contributed by atoms with Crippen LogP contribution < -0.4 is 5.32 Å². The van der Waals surface area contributed by atoms with Crippen molar-refractivity contribution < 1.29 is 4.74 Å². The van der Waals surface area contributed by atoms with Crippen LogP contribution in [-0.2, 0) is 4.74 Å². The molecule has 0 bridgehead atoms. The maximum absolute atomic E-state index is 5.61. The molecule has 0 saturated heterocycles.